The van der Waals surface area contributed by atoms with E-state index in [1.807, 2.05) is 30.3 Å². The molecule has 1 saturated heterocycles. The minimum atomic E-state index is -0.189. The van der Waals surface area contributed by atoms with Gasteiger partial charge in [-0.3, -0.25) is 4.90 Å². The fourth-order valence-corrected chi connectivity index (χ4v) is 3.03. The zero-order valence-electron chi connectivity index (χ0n) is 13.9. The number of benzene rings is 2. The number of hydrogen-bond donors (Lipinski definition) is 2. The molecule has 2 N–H and O–H groups in total. The number of methoxy groups -OCH3 is 1. The average Bonchev–Trinajstić information content (AvgIpc) is 3.03. The van der Waals surface area contributed by atoms with Gasteiger partial charge in [-0.25, -0.2) is 4.79 Å². The Labute approximate surface area is 142 Å². The molecule has 0 bridgehead atoms. The van der Waals surface area contributed by atoms with E-state index in [1.165, 1.54) is 5.56 Å². The Bertz CT molecular complexity index is 675. The SMILES string of the molecule is COc1ccccc1NC(=O)NC1CCN(Cc2ccccc2)C1. The van der Waals surface area contributed by atoms with Crippen LogP contribution in [0.2, 0.25) is 0 Å². The molecule has 0 saturated carbocycles. The second kappa shape index (κ2) is 7.84. The van der Waals surface area contributed by atoms with Gasteiger partial charge in [0.05, 0.1) is 12.8 Å². The molecule has 2 amide bonds. The summed E-state index contributed by atoms with van der Waals surface area (Å²) in [5.74, 6) is 0.657. The van der Waals surface area contributed by atoms with E-state index >= 15 is 0 Å². The number of para-hydroxylation sites is 2. The molecule has 1 heterocycles. The van der Waals surface area contributed by atoms with Gasteiger partial charge in [-0.1, -0.05) is 42.5 Å². The number of urea groups is 1. The third-order valence-corrected chi connectivity index (χ3v) is 4.21. The van der Waals surface area contributed by atoms with Crippen molar-refractivity contribution >= 4 is 11.7 Å². The molecule has 24 heavy (non-hydrogen) atoms. The van der Waals surface area contributed by atoms with E-state index in [4.69, 9.17) is 4.74 Å². The number of nitrogens with zero attached hydrogens (tertiary/aromatic N) is 1. The van der Waals surface area contributed by atoms with E-state index in [-0.39, 0.29) is 12.1 Å². The molecule has 1 aliphatic heterocycles. The highest BCUT2D eigenvalue weighted by atomic mass is 16.5. The van der Waals surface area contributed by atoms with Gasteiger partial charge in [0, 0.05) is 25.7 Å². The van der Waals surface area contributed by atoms with Crippen molar-refractivity contribution in [3.63, 3.8) is 0 Å². The molecule has 3 rings (SSSR count). The fraction of sp³-hybridized carbons (Fsp3) is 0.316. The number of anilines is 1. The van der Waals surface area contributed by atoms with E-state index in [1.54, 1.807) is 7.11 Å². The van der Waals surface area contributed by atoms with E-state index in [0.717, 1.165) is 26.1 Å². The van der Waals surface area contributed by atoms with Crippen LogP contribution in [0, 0.1) is 0 Å². The van der Waals surface area contributed by atoms with Crippen LogP contribution in [0.4, 0.5) is 10.5 Å². The van der Waals surface area contributed by atoms with Gasteiger partial charge in [-0.2, -0.15) is 0 Å². The third kappa shape index (κ3) is 4.26. The minimum Gasteiger partial charge on any atom is -0.495 e. The van der Waals surface area contributed by atoms with E-state index < -0.39 is 0 Å². The van der Waals surface area contributed by atoms with Crippen LogP contribution in [-0.4, -0.2) is 37.2 Å². The quantitative estimate of drug-likeness (QED) is 0.888. The molecule has 1 unspecified atom stereocenters. The second-order valence-electron chi connectivity index (χ2n) is 6.01. The lowest BCUT2D eigenvalue weighted by Gasteiger charge is -2.17. The average molecular weight is 325 g/mol. The topological polar surface area (TPSA) is 53.6 Å². The minimum absolute atomic E-state index is 0.170. The lowest BCUT2D eigenvalue weighted by atomic mass is 10.2. The summed E-state index contributed by atoms with van der Waals surface area (Å²) in [6, 6.07) is 17.8. The lowest BCUT2D eigenvalue weighted by Crippen LogP contribution is -2.39. The molecular weight excluding hydrogens is 302 g/mol. The van der Waals surface area contributed by atoms with Gasteiger partial charge in [0.25, 0.3) is 0 Å². The first-order chi connectivity index (χ1) is 11.7. The Hall–Kier alpha value is -2.53. The fourth-order valence-electron chi connectivity index (χ4n) is 3.03. The number of carbonyl (C=O) groups is 1. The highest BCUT2D eigenvalue weighted by molar-refractivity contribution is 5.91. The standard InChI is InChI=1S/C19H23N3O2/c1-24-18-10-6-5-9-17(18)21-19(23)20-16-11-12-22(14-16)13-15-7-3-2-4-8-15/h2-10,16H,11-14H2,1H3,(H2,20,21,23). The van der Waals surface area contributed by atoms with Crippen LogP contribution in [0.1, 0.15) is 12.0 Å². The summed E-state index contributed by atoms with van der Waals surface area (Å²) in [7, 11) is 1.59. The van der Waals surface area contributed by atoms with E-state index in [2.05, 4.69) is 39.8 Å². The smallest absolute Gasteiger partial charge is 0.319 e. The van der Waals surface area contributed by atoms with Crippen molar-refractivity contribution in [3.8, 4) is 5.75 Å². The summed E-state index contributed by atoms with van der Waals surface area (Å²) < 4.78 is 5.25. The maximum atomic E-state index is 12.2. The largest absolute Gasteiger partial charge is 0.495 e. The van der Waals surface area contributed by atoms with Crippen LogP contribution >= 0.6 is 0 Å². The number of ether oxygens (including phenoxy) is 1. The van der Waals surface area contributed by atoms with Crippen LogP contribution in [0.3, 0.4) is 0 Å². The molecule has 5 heteroatoms. The highest BCUT2D eigenvalue weighted by Crippen LogP contribution is 2.23. The van der Waals surface area contributed by atoms with Gasteiger partial charge in [0.1, 0.15) is 5.75 Å². The van der Waals surface area contributed by atoms with Crippen molar-refractivity contribution in [1.29, 1.82) is 0 Å². The molecule has 0 radical (unpaired) electrons. The van der Waals surface area contributed by atoms with Gasteiger partial charge in [0.15, 0.2) is 0 Å². The molecule has 1 aliphatic rings. The van der Waals surface area contributed by atoms with Gasteiger partial charge in [-0.05, 0) is 24.1 Å². The highest BCUT2D eigenvalue weighted by Gasteiger charge is 2.24. The van der Waals surface area contributed by atoms with Gasteiger partial charge >= 0.3 is 6.03 Å². The molecular formula is C19H23N3O2. The molecule has 126 valence electrons. The maximum Gasteiger partial charge on any atom is 0.319 e. The summed E-state index contributed by atoms with van der Waals surface area (Å²) >= 11 is 0. The van der Waals surface area contributed by atoms with Crippen molar-refractivity contribution in [2.24, 2.45) is 0 Å². The number of amides is 2. The van der Waals surface area contributed by atoms with E-state index in [9.17, 15) is 4.79 Å². The molecule has 1 atom stereocenters. The first kappa shape index (κ1) is 16.3. The summed E-state index contributed by atoms with van der Waals surface area (Å²) in [6.07, 6.45) is 0.964. The van der Waals surface area contributed by atoms with E-state index in [0.29, 0.717) is 11.4 Å². The predicted molar refractivity (Wildman–Crippen MR) is 95.3 cm³/mol. The predicted octanol–water partition coefficient (Wildman–Crippen LogP) is 3.09. The van der Waals surface area contributed by atoms with Crippen molar-refractivity contribution < 1.29 is 9.53 Å². The van der Waals surface area contributed by atoms with Crippen LogP contribution in [0.25, 0.3) is 0 Å². The van der Waals surface area contributed by atoms with Crippen LogP contribution < -0.4 is 15.4 Å². The van der Waals surface area contributed by atoms with Crippen LogP contribution in [0.5, 0.6) is 5.75 Å². The number of hydrogen-bond acceptors (Lipinski definition) is 3. The molecule has 1 fully saturated rings. The zero-order chi connectivity index (χ0) is 16.8. The monoisotopic (exact) mass is 325 g/mol. The lowest BCUT2D eigenvalue weighted by molar-refractivity contribution is 0.247. The van der Waals surface area contributed by atoms with Crippen LogP contribution in [-0.2, 0) is 6.54 Å². The van der Waals surface area contributed by atoms with Crippen molar-refractivity contribution in [2.75, 3.05) is 25.5 Å². The Balaban J connectivity index is 1.49. The first-order valence-electron chi connectivity index (χ1n) is 8.21. The molecule has 0 aliphatic carbocycles. The molecule has 5 nitrogen and oxygen atoms in total. The summed E-state index contributed by atoms with van der Waals surface area (Å²) in [4.78, 5) is 14.6. The number of likely N-dealkylation sites (tertiary alicyclic amines) is 1. The van der Waals surface area contributed by atoms with Gasteiger partial charge in [-0.15, -0.1) is 0 Å². The van der Waals surface area contributed by atoms with Crippen molar-refractivity contribution in [2.45, 2.75) is 19.0 Å². The zero-order valence-corrected chi connectivity index (χ0v) is 13.9. The number of carbonyl (C=O) groups excluding carboxylic acids is 1. The Kier molecular flexibility index (Phi) is 5.33. The number of rotatable bonds is 5. The van der Waals surface area contributed by atoms with Crippen molar-refractivity contribution in [3.05, 3.63) is 60.2 Å². The summed E-state index contributed by atoms with van der Waals surface area (Å²) in [6.45, 7) is 2.79. The van der Waals surface area contributed by atoms with Crippen molar-refractivity contribution in [1.82, 2.24) is 10.2 Å². The molecule has 2 aromatic rings. The van der Waals surface area contributed by atoms with Gasteiger partial charge in [0.2, 0.25) is 0 Å². The Morgan fingerprint density at radius 2 is 1.92 bits per heavy atom. The first-order valence-corrected chi connectivity index (χ1v) is 8.21. The maximum absolute atomic E-state index is 12.2. The normalized spacial score (nSPS) is 17.5. The third-order valence-electron chi connectivity index (χ3n) is 4.21. The summed E-state index contributed by atoms with van der Waals surface area (Å²) in [5, 5.41) is 5.91. The Morgan fingerprint density at radius 1 is 1.17 bits per heavy atom. The second-order valence-corrected chi connectivity index (χ2v) is 6.01. The van der Waals surface area contributed by atoms with Gasteiger partial charge < -0.3 is 15.4 Å². The molecule has 0 aromatic heterocycles. The number of nitrogens with one attached hydrogen (secondary N) is 2. The van der Waals surface area contributed by atoms with Crippen LogP contribution in [0.15, 0.2) is 54.6 Å². The Morgan fingerprint density at radius 3 is 2.71 bits per heavy atom. The summed E-state index contributed by atoms with van der Waals surface area (Å²) in [5.41, 5.74) is 1.98. The molecule has 2 aromatic carbocycles. The molecule has 0 spiro atoms.